The number of rotatable bonds is 6. The molecule has 0 saturated carbocycles. The zero-order valence-corrected chi connectivity index (χ0v) is 16.4. The van der Waals surface area contributed by atoms with Crippen molar-refractivity contribution in [2.24, 2.45) is 7.05 Å². The third-order valence-electron chi connectivity index (χ3n) is 4.46. The van der Waals surface area contributed by atoms with E-state index in [0.29, 0.717) is 13.1 Å². The summed E-state index contributed by atoms with van der Waals surface area (Å²) in [6.45, 7) is 8.30. The van der Waals surface area contributed by atoms with Crippen LogP contribution in [0.5, 0.6) is 0 Å². The van der Waals surface area contributed by atoms with E-state index >= 15 is 0 Å². The summed E-state index contributed by atoms with van der Waals surface area (Å²) in [6.07, 6.45) is -0.0359. The lowest BCUT2D eigenvalue weighted by Gasteiger charge is -2.34. The minimum atomic E-state index is -3.41. The van der Waals surface area contributed by atoms with Gasteiger partial charge in [0.15, 0.2) is 0 Å². The van der Waals surface area contributed by atoms with Gasteiger partial charge in [0.25, 0.3) is 0 Å². The molecule has 142 valence electrons. The monoisotopic (exact) mass is 372 g/mol. The van der Waals surface area contributed by atoms with E-state index in [4.69, 9.17) is 4.74 Å². The van der Waals surface area contributed by atoms with E-state index in [1.807, 2.05) is 34.7 Å². The second-order valence-electron chi connectivity index (χ2n) is 6.69. The number of ether oxygens (including phenoxy) is 1. The molecule has 1 fully saturated rings. The largest absolute Gasteiger partial charge is 0.373 e. The maximum Gasteiger partial charge on any atom is 0.224 e. The molecule has 0 unspecified atom stereocenters. The minimum Gasteiger partial charge on any atom is -0.373 e. The van der Waals surface area contributed by atoms with E-state index in [-0.39, 0.29) is 36.8 Å². The van der Waals surface area contributed by atoms with Gasteiger partial charge < -0.3 is 10.1 Å². The fourth-order valence-corrected chi connectivity index (χ4v) is 4.60. The zero-order chi connectivity index (χ0) is 18.8. The molecule has 2 atom stereocenters. The summed E-state index contributed by atoms with van der Waals surface area (Å²) in [6, 6.07) is 0. The molecule has 0 aromatic carbocycles. The molecule has 1 aliphatic rings. The van der Waals surface area contributed by atoms with Crippen molar-refractivity contribution < 1.29 is 17.9 Å². The van der Waals surface area contributed by atoms with Crippen LogP contribution in [0.4, 0.5) is 0 Å². The molecule has 25 heavy (non-hydrogen) atoms. The van der Waals surface area contributed by atoms with Crippen molar-refractivity contribution in [1.29, 1.82) is 0 Å². The van der Waals surface area contributed by atoms with Gasteiger partial charge in [-0.3, -0.25) is 9.48 Å². The third-order valence-corrected chi connectivity index (χ3v) is 6.26. The van der Waals surface area contributed by atoms with E-state index in [2.05, 4.69) is 10.4 Å². The van der Waals surface area contributed by atoms with Gasteiger partial charge in [-0.25, -0.2) is 8.42 Å². The zero-order valence-electron chi connectivity index (χ0n) is 15.6. The van der Waals surface area contributed by atoms with Crippen LogP contribution in [0.3, 0.4) is 0 Å². The number of aromatic nitrogens is 2. The van der Waals surface area contributed by atoms with E-state index in [9.17, 15) is 13.2 Å². The lowest BCUT2D eigenvalue weighted by atomic mass is 10.1. The molecule has 9 heteroatoms. The van der Waals surface area contributed by atoms with E-state index in [0.717, 1.165) is 17.0 Å². The summed E-state index contributed by atoms with van der Waals surface area (Å²) in [4.78, 5) is 12.1. The third kappa shape index (κ3) is 5.02. The normalized spacial score (nSPS) is 22.1. The number of hydrogen-bond acceptors (Lipinski definition) is 5. The average Bonchev–Trinajstić information content (AvgIpc) is 2.72. The summed E-state index contributed by atoms with van der Waals surface area (Å²) in [5, 5.41) is 6.98. The number of sulfonamides is 1. The Hall–Kier alpha value is -1.45. The number of carbonyl (C=O) groups excluding carboxylic acids is 1. The standard InChI is InChI=1S/C16H28N4O4S/c1-11-9-20(10-12(2)24-11)25(22,23)7-6-17-16(21)8-15-13(3)18-19(5)14(15)4/h11-12H,6-10H2,1-5H3,(H,17,21)/t11-,12+. The second-order valence-corrected chi connectivity index (χ2v) is 8.78. The van der Waals surface area contributed by atoms with Gasteiger partial charge in [-0.05, 0) is 27.7 Å². The van der Waals surface area contributed by atoms with Crippen LogP contribution in [0.1, 0.15) is 30.8 Å². The Morgan fingerprint density at radius 3 is 2.40 bits per heavy atom. The first kappa shape index (κ1) is 19.9. The molecular formula is C16H28N4O4S. The maximum atomic E-state index is 12.4. The van der Waals surface area contributed by atoms with Crippen LogP contribution in [0.15, 0.2) is 0 Å². The van der Waals surface area contributed by atoms with Gasteiger partial charge in [0, 0.05) is 37.9 Å². The highest BCUT2D eigenvalue weighted by Crippen LogP contribution is 2.15. The number of morpholine rings is 1. The van der Waals surface area contributed by atoms with Crippen molar-refractivity contribution in [3.63, 3.8) is 0 Å². The lowest BCUT2D eigenvalue weighted by molar-refractivity contribution is -0.120. The first-order valence-electron chi connectivity index (χ1n) is 8.49. The molecule has 0 bridgehead atoms. The molecule has 1 aromatic rings. The van der Waals surface area contributed by atoms with Gasteiger partial charge >= 0.3 is 0 Å². The van der Waals surface area contributed by atoms with Crippen LogP contribution in [-0.2, 0) is 33.0 Å². The highest BCUT2D eigenvalue weighted by Gasteiger charge is 2.30. The minimum absolute atomic E-state index is 0.0969. The van der Waals surface area contributed by atoms with Crippen LogP contribution >= 0.6 is 0 Å². The van der Waals surface area contributed by atoms with E-state index < -0.39 is 10.0 Å². The van der Waals surface area contributed by atoms with Crippen molar-refractivity contribution in [2.75, 3.05) is 25.4 Å². The Morgan fingerprint density at radius 2 is 1.88 bits per heavy atom. The van der Waals surface area contributed by atoms with Crippen molar-refractivity contribution in [3.05, 3.63) is 17.0 Å². The summed E-state index contributed by atoms with van der Waals surface area (Å²) < 4.78 is 33.6. The summed E-state index contributed by atoms with van der Waals surface area (Å²) in [7, 11) is -1.57. The van der Waals surface area contributed by atoms with Gasteiger partial charge in [0.1, 0.15) is 0 Å². The van der Waals surface area contributed by atoms with Crippen molar-refractivity contribution in [1.82, 2.24) is 19.4 Å². The van der Waals surface area contributed by atoms with Gasteiger partial charge in [-0.15, -0.1) is 0 Å². The topological polar surface area (TPSA) is 93.5 Å². The van der Waals surface area contributed by atoms with Crippen LogP contribution in [0, 0.1) is 13.8 Å². The fourth-order valence-electron chi connectivity index (χ4n) is 3.10. The summed E-state index contributed by atoms with van der Waals surface area (Å²) in [5.41, 5.74) is 2.65. The Kier molecular flexibility index (Phi) is 6.23. The number of carbonyl (C=O) groups is 1. The molecule has 1 aliphatic heterocycles. The van der Waals surface area contributed by atoms with Crippen LogP contribution in [-0.4, -0.2) is 66.0 Å². The molecule has 1 N–H and O–H groups in total. The Morgan fingerprint density at radius 1 is 1.28 bits per heavy atom. The highest BCUT2D eigenvalue weighted by atomic mass is 32.2. The second kappa shape index (κ2) is 7.84. The average molecular weight is 372 g/mol. The molecule has 0 spiro atoms. The first-order valence-corrected chi connectivity index (χ1v) is 10.1. The number of nitrogens with zero attached hydrogens (tertiary/aromatic N) is 3. The molecule has 2 heterocycles. The van der Waals surface area contributed by atoms with Crippen LogP contribution < -0.4 is 5.32 Å². The van der Waals surface area contributed by atoms with Crippen molar-refractivity contribution in [2.45, 2.75) is 46.3 Å². The molecule has 1 aromatic heterocycles. The molecule has 1 amide bonds. The van der Waals surface area contributed by atoms with Gasteiger partial charge in [-0.2, -0.15) is 9.40 Å². The molecular weight excluding hydrogens is 344 g/mol. The lowest BCUT2D eigenvalue weighted by Crippen LogP contribution is -2.49. The van der Waals surface area contributed by atoms with Crippen LogP contribution in [0.2, 0.25) is 0 Å². The molecule has 0 aliphatic carbocycles. The van der Waals surface area contributed by atoms with Gasteiger partial charge in [-0.1, -0.05) is 0 Å². The molecule has 0 radical (unpaired) electrons. The number of amides is 1. The van der Waals surface area contributed by atoms with Crippen LogP contribution in [0.25, 0.3) is 0 Å². The molecule has 8 nitrogen and oxygen atoms in total. The van der Waals surface area contributed by atoms with E-state index in [1.165, 1.54) is 4.31 Å². The van der Waals surface area contributed by atoms with Gasteiger partial charge in [0.2, 0.25) is 15.9 Å². The van der Waals surface area contributed by atoms with Gasteiger partial charge in [0.05, 0.1) is 30.1 Å². The quantitative estimate of drug-likeness (QED) is 0.766. The number of nitrogens with one attached hydrogen (secondary N) is 1. The summed E-state index contributed by atoms with van der Waals surface area (Å²) in [5.74, 6) is -0.304. The Labute approximate surface area is 149 Å². The van der Waals surface area contributed by atoms with E-state index in [1.54, 1.807) is 4.68 Å². The Balaban J connectivity index is 1.86. The SMILES string of the molecule is Cc1nn(C)c(C)c1CC(=O)NCCS(=O)(=O)N1C[C@@H](C)O[C@@H](C)C1. The highest BCUT2D eigenvalue weighted by molar-refractivity contribution is 7.89. The smallest absolute Gasteiger partial charge is 0.224 e. The number of aryl methyl sites for hydroxylation is 2. The predicted molar refractivity (Wildman–Crippen MR) is 94.8 cm³/mol. The van der Waals surface area contributed by atoms with Crippen molar-refractivity contribution >= 4 is 15.9 Å². The fraction of sp³-hybridized carbons (Fsp3) is 0.750. The summed E-state index contributed by atoms with van der Waals surface area (Å²) >= 11 is 0. The molecule has 2 rings (SSSR count). The maximum absolute atomic E-state index is 12.4. The number of hydrogen-bond donors (Lipinski definition) is 1. The Bertz CT molecular complexity index is 719. The molecule has 1 saturated heterocycles. The van der Waals surface area contributed by atoms with Crippen molar-refractivity contribution in [3.8, 4) is 0 Å². The predicted octanol–water partition coefficient (Wildman–Crippen LogP) is 0.135. The first-order chi connectivity index (χ1) is 11.6.